The van der Waals surface area contributed by atoms with E-state index in [0.29, 0.717) is 30.4 Å². The molecule has 0 bridgehead atoms. The maximum absolute atomic E-state index is 12.8. The molecule has 9 heteroatoms. The molecule has 1 unspecified atom stereocenters. The molecule has 0 saturated carbocycles. The Kier molecular flexibility index (Phi) is 35.6. The Labute approximate surface area is 329 Å². The molecular formula is C44H88NO7S+. The van der Waals surface area contributed by atoms with E-state index in [4.69, 9.17) is 14.0 Å². The topological polar surface area (TPSA) is 107 Å². The van der Waals surface area contributed by atoms with Crippen LogP contribution < -0.4 is 0 Å². The molecule has 0 aromatic rings. The molecule has 0 aromatic heterocycles. The number of nitrogens with zero attached hydrogens (tertiary/aromatic N) is 1. The number of quaternary nitrogens is 1. The molecule has 316 valence electrons. The number of hydrogen-bond donors (Lipinski definition) is 1. The molecule has 0 aliphatic carbocycles. The minimum atomic E-state index is -4.04. The smallest absolute Gasteiger partial charge is 0.306 e. The summed E-state index contributed by atoms with van der Waals surface area (Å²) in [6, 6.07) is 0. The molecule has 0 fully saturated rings. The number of rotatable bonds is 41. The van der Waals surface area contributed by atoms with Gasteiger partial charge in [-0.2, -0.15) is 8.42 Å². The van der Waals surface area contributed by atoms with Crippen molar-refractivity contribution in [1.29, 1.82) is 0 Å². The predicted molar refractivity (Wildman–Crippen MR) is 223 cm³/mol. The van der Waals surface area contributed by atoms with Gasteiger partial charge in [0.2, 0.25) is 0 Å². The van der Waals surface area contributed by atoms with Crippen molar-refractivity contribution in [2.45, 2.75) is 232 Å². The van der Waals surface area contributed by atoms with Crippen molar-refractivity contribution in [2.75, 3.05) is 39.5 Å². The van der Waals surface area contributed by atoms with Crippen LogP contribution in [0.5, 0.6) is 0 Å². The van der Waals surface area contributed by atoms with E-state index in [1.807, 2.05) is 14.1 Å². The molecule has 0 radical (unpaired) electrons. The Hall–Kier alpha value is -1.19. The second kappa shape index (κ2) is 36.4. The van der Waals surface area contributed by atoms with Crippen molar-refractivity contribution in [3.8, 4) is 0 Å². The minimum absolute atomic E-state index is 0.00213. The zero-order chi connectivity index (χ0) is 39.3. The Bertz CT molecular complexity index is 940. The fourth-order valence-corrected chi connectivity index (χ4v) is 7.72. The van der Waals surface area contributed by atoms with Crippen LogP contribution in [0, 0.1) is 0 Å². The molecule has 0 rings (SSSR count). The van der Waals surface area contributed by atoms with E-state index in [1.165, 1.54) is 154 Å². The van der Waals surface area contributed by atoms with Gasteiger partial charge in [0.05, 0.1) is 26.4 Å². The summed E-state index contributed by atoms with van der Waals surface area (Å²) in [5.74, 6) is -0.854. The number of ether oxygens (including phenoxy) is 2. The summed E-state index contributed by atoms with van der Waals surface area (Å²) < 4.78 is 43.4. The lowest BCUT2D eigenvalue weighted by Gasteiger charge is -2.33. The lowest BCUT2D eigenvalue weighted by Crippen LogP contribution is -2.49. The lowest BCUT2D eigenvalue weighted by molar-refractivity contribution is -0.893. The minimum Gasteiger partial charge on any atom is -0.461 e. The molecule has 0 aliphatic heterocycles. The fourth-order valence-electron chi connectivity index (χ4n) is 7.23. The summed E-state index contributed by atoms with van der Waals surface area (Å²) >= 11 is 0. The van der Waals surface area contributed by atoms with Crippen LogP contribution in [0.3, 0.4) is 0 Å². The van der Waals surface area contributed by atoms with Crippen LogP contribution in [0.25, 0.3) is 0 Å². The Balaban J connectivity index is 4.28. The number of unbranched alkanes of at least 4 members (excludes halogenated alkanes) is 28. The lowest BCUT2D eigenvalue weighted by atomic mass is 10.0. The number of carbonyl (C=O) groups excluding carboxylic acids is 2. The Morgan fingerprint density at radius 3 is 1.17 bits per heavy atom. The summed E-state index contributed by atoms with van der Waals surface area (Å²) in [6.07, 6.45) is 38.5. The summed E-state index contributed by atoms with van der Waals surface area (Å²) in [7, 11) is -0.181. The standard InChI is InChI=1S/C44H87NO7S/c1-5-7-9-11-13-15-17-19-21-23-25-27-29-31-33-36-43(46)51-41-42(40-45(3,4)38-35-39-53(48,49)50)52-44(47)37-34-32-30-28-26-24-22-20-18-16-14-12-10-8-6-2/h42H,5-41H2,1-4H3/p+1. The average Bonchev–Trinajstić information content (AvgIpc) is 3.09. The first-order valence-corrected chi connectivity index (χ1v) is 24.2. The van der Waals surface area contributed by atoms with Crippen LogP contribution in [0.4, 0.5) is 0 Å². The van der Waals surface area contributed by atoms with E-state index >= 15 is 0 Å². The summed E-state index contributed by atoms with van der Waals surface area (Å²) in [5.41, 5.74) is 0. The molecule has 0 heterocycles. The third-order valence-electron chi connectivity index (χ3n) is 10.6. The van der Waals surface area contributed by atoms with Gasteiger partial charge < -0.3 is 14.0 Å². The normalized spacial score (nSPS) is 12.6. The highest BCUT2D eigenvalue weighted by molar-refractivity contribution is 7.85. The maximum atomic E-state index is 12.8. The van der Waals surface area contributed by atoms with Gasteiger partial charge in [-0.05, 0) is 12.8 Å². The monoisotopic (exact) mass is 775 g/mol. The first-order valence-electron chi connectivity index (χ1n) is 22.6. The second-order valence-corrected chi connectivity index (χ2v) is 18.2. The van der Waals surface area contributed by atoms with Crippen molar-refractivity contribution in [3.63, 3.8) is 0 Å². The van der Waals surface area contributed by atoms with Crippen molar-refractivity contribution in [1.82, 2.24) is 0 Å². The third-order valence-corrected chi connectivity index (χ3v) is 11.4. The molecule has 1 N–H and O–H groups in total. The molecule has 0 amide bonds. The molecule has 8 nitrogen and oxygen atoms in total. The van der Waals surface area contributed by atoms with Crippen molar-refractivity contribution in [3.05, 3.63) is 0 Å². The van der Waals surface area contributed by atoms with Gasteiger partial charge in [0.25, 0.3) is 10.1 Å². The summed E-state index contributed by atoms with van der Waals surface area (Å²) in [4.78, 5) is 25.4. The largest absolute Gasteiger partial charge is 0.461 e. The van der Waals surface area contributed by atoms with Crippen molar-refractivity contribution in [2.24, 2.45) is 0 Å². The number of carbonyl (C=O) groups is 2. The van der Waals surface area contributed by atoms with Crippen LogP contribution >= 0.6 is 0 Å². The molecule has 53 heavy (non-hydrogen) atoms. The second-order valence-electron chi connectivity index (χ2n) is 16.7. The summed E-state index contributed by atoms with van der Waals surface area (Å²) in [6.45, 7) is 5.40. The van der Waals surface area contributed by atoms with Gasteiger partial charge in [0.15, 0.2) is 6.10 Å². The first-order chi connectivity index (χ1) is 25.5. The maximum Gasteiger partial charge on any atom is 0.306 e. The van der Waals surface area contributed by atoms with Gasteiger partial charge >= 0.3 is 11.9 Å². The van der Waals surface area contributed by atoms with Crippen LogP contribution in [-0.4, -0.2) is 75.0 Å². The van der Waals surface area contributed by atoms with Gasteiger partial charge in [-0.3, -0.25) is 14.1 Å². The average molecular weight is 775 g/mol. The van der Waals surface area contributed by atoms with Gasteiger partial charge in [-0.15, -0.1) is 0 Å². The van der Waals surface area contributed by atoms with Crippen LogP contribution in [0.15, 0.2) is 0 Å². The third kappa shape index (κ3) is 40.3. The van der Waals surface area contributed by atoms with E-state index in [-0.39, 0.29) is 30.7 Å². The van der Waals surface area contributed by atoms with E-state index in [1.54, 1.807) is 0 Å². The van der Waals surface area contributed by atoms with Gasteiger partial charge in [0, 0.05) is 19.3 Å². The SMILES string of the molecule is CCCCCCCCCCCCCCCCCC(=O)OCC(C[N+](C)(C)CCCS(=O)(=O)O)OC(=O)CCCCCCCCCCCCCCCCC. The van der Waals surface area contributed by atoms with Crippen LogP contribution in [0.1, 0.15) is 226 Å². The molecule has 0 saturated heterocycles. The number of esters is 2. The highest BCUT2D eigenvalue weighted by Gasteiger charge is 2.27. The van der Waals surface area contributed by atoms with Crippen LogP contribution in [-0.2, 0) is 29.2 Å². The molecule has 0 spiro atoms. The van der Waals surface area contributed by atoms with Crippen LogP contribution in [0.2, 0.25) is 0 Å². The van der Waals surface area contributed by atoms with E-state index in [0.717, 1.165) is 38.5 Å². The van der Waals surface area contributed by atoms with Crippen molar-refractivity contribution >= 4 is 22.1 Å². The van der Waals surface area contributed by atoms with Gasteiger partial charge in [0.1, 0.15) is 13.2 Å². The van der Waals surface area contributed by atoms with Gasteiger partial charge in [-0.25, -0.2) is 0 Å². The number of likely N-dealkylation sites (N-methyl/N-ethyl adjacent to an activating group) is 1. The molecule has 1 atom stereocenters. The Morgan fingerprint density at radius 2 is 0.830 bits per heavy atom. The Morgan fingerprint density at radius 1 is 0.509 bits per heavy atom. The number of hydrogen-bond acceptors (Lipinski definition) is 6. The summed E-state index contributed by atoms with van der Waals surface area (Å²) in [5, 5.41) is 0. The van der Waals surface area contributed by atoms with Gasteiger partial charge in [-0.1, -0.05) is 194 Å². The quantitative estimate of drug-likeness (QED) is 0.0285. The van der Waals surface area contributed by atoms with E-state index < -0.39 is 16.2 Å². The predicted octanol–water partition coefficient (Wildman–Crippen LogP) is 12.3. The molecule has 0 aromatic carbocycles. The van der Waals surface area contributed by atoms with E-state index in [2.05, 4.69) is 13.8 Å². The molecular weight excluding hydrogens is 687 g/mol. The van der Waals surface area contributed by atoms with E-state index in [9.17, 15) is 18.0 Å². The fraction of sp³-hybridized carbons (Fsp3) is 0.955. The highest BCUT2D eigenvalue weighted by Crippen LogP contribution is 2.16. The highest BCUT2D eigenvalue weighted by atomic mass is 32.2. The zero-order valence-corrected chi connectivity index (χ0v) is 36.3. The first kappa shape index (κ1) is 51.8. The zero-order valence-electron chi connectivity index (χ0n) is 35.5. The van der Waals surface area contributed by atoms with Crippen molar-refractivity contribution < 1.29 is 36.5 Å². The molecule has 0 aliphatic rings.